The van der Waals surface area contributed by atoms with Crippen LogP contribution in [0.3, 0.4) is 0 Å². The van der Waals surface area contributed by atoms with Crippen LogP contribution in [0.2, 0.25) is 0 Å². The van der Waals surface area contributed by atoms with Crippen LogP contribution in [0.4, 0.5) is 11.5 Å². The zero-order chi connectivity index (χ0) is 29.0. The molecule has 8 nitrogen and oxygen atoms in total. The molecule has 4 heterocycles. The molecule has 0 saturated carbocycles. The number of aromatic nitrogens is 4. The summed E-state index contributed by atoms with van der Waals surface area (Å²) in [5.74, 6) is 2.32. The predicted octanol–water partition coefficient (Wildman–Crippen LogP) is 5.40. The van der Waals surface area contributed by atoms with Gasteiger partial charge >= 0.3 is 0 Å². The Morgan fingerprint density at radius 1 is 1.00 bits per heavy atom. The van der Waals surface area contributed by atoms with Crippen molar-refractivity contribution in [2.45, 2.75) is 65.6 Å². The molecule has 2 aliphatic rings. The first-order valence-corrected chi connectivity index (χ1v) is 14.8. The third kappa shape index (κ3) is 4.87. The predicted molar refractivity (Wildman–Crippen MR) is 167 cm³/mol. The number of fused-ring (bicyclic) bond motifs is 2. The molecule has 2 aromatic heterocycles. The second-order valence-corrected chi connectivity index (χ2v) is 12.4. The lowest BCUT2D eigenvalue weighted by atomic mass is 9.97. The van der Waals surface area contributed by atoms with Crippen LogP contribution in [0.15, 0.2) is 30.3 Å². The number of aryl methyl sites for hydroxylation is 3. The highest BCUT2D eigenvalue weighted by molar-refractivity contribution is 5.96. The van der Waals surface area contributed by atoms with Gasteiger partial charge in [0.2, 0.25) is 0 Å². The highest BCUT2D eigenvalue weighted by atomic mass is 16.5. The van der Waals surface area contributed by atoms with Crippen molar-refractivity contribution in [3.63, 3.8) is 0 Å². The van der Waals surface area contributed by atoms with Crippen molar-refractivity contribution in [2.75, 3.05) is 50.6 Å². The Morgan fingerprint density at radius 2 is 1.78 bits per heavy atom. The molecular formula is C33H43N7O. The van der Waals surface area contributed by atoms with Crippen LogP contribution in [0.25, 0.3) is 22.3 Å². The number of hydrogen-bond acceptors (Lipinski definition) is 7. The third-order valence-electron chi connectivity index (χ3n) is 9.12. The summed E-state index contributed by atoms with van der Waals surface area (Å²) in [4.78, 5) is 17.9. The number of benzene rings is 2. The van der Waals surface area contributed by atoms with Gasteiger partial charge in [-0.3, -0.25) is 5.10 Å². The lowest BCUT2D eigenvalue weighted by Gasteiger charge is -2.34. The normalized spacial score (nSPS) is 19.2. The van der Waals surface area contributed by atoms with E-state index in [2.05, 4.69) is 104 Å². The van der Waals surface area contributed by atoms with E-state index in [0.29, 0.717) is 12.0 Å². The molecule has 0 spiro atoms. The van der Waals surface area contributed by atoms with Crippen LogP contribution < -0.4 is 9.80 Å². The average Bonchev–Trinajstić information content (AvgIpc) is 3.56. The number of methoxy groups -OCH3 is 1. The van der Waals surface area contributed by atoms with E-state index in [0.717, 1.165) is 77.7 Å². The van der Waals surface area contributed by atoms with Crippen molar-refractivity contribution in [3.8, 4) is 11.4 Å². The highest BCUT2D eigenvalue weighted by Crippen LogP contribution is 2.38. The SMILES string of the molecule is COC1CN(c2nc(-c3c(C)ccc4n[nH]c(C)c34)nc3c2CN(c2cc(C(C)C)ccc2C)CC3)C[C@@H]1N(C)C. The summed E-state index contributed by atoms with van der Waals surface area (Å²) in [7, 11) is 6.10. The standard InChI is InChI=1S/C33H43N7O/c1-19(2)23-11-9-20(3)27(15-23)39-14-13-25-24(16-39)33(40-17-28(38(6)7)29(18-40)41-8)35-32(34-25)30-21(4)10-12-26-31(30)22(5)36-37-26/h9-12,15,19,28-29H,13-14,16-18H2,1-8H3,(H,36,37)/t28-,29?/m0/s1. The fraction of sp³-hybridized carbons (Fsp3) is 0.485. The maximum Gasteiger partial charge on any atom is 0.162 e. The molecule has 41 heavy (non-hydrogen) atoms. The summed E-state index contributed by atoms with van der Waals surface area (Å²) >= 11 is 0. The van der Waals surface area contributed by atoms with E-state index >= 15 is 0 Å². The number of ether oxygens (including phenoxy) is 1. The summed E-state index contributed by atoms with van der Waals surface area (Å²) in [6.45, 7) is 14.4. The number of likely N-dealkylation sites (N-methyl/N-ethyl adjacent to an activating group) is 1. The van der Waals surface area contributed by atoms with Gasteiger partial charge in [0.15, 0.2) is 5.82 Å². The fourth-order valence-electron chi connectivity index (χ4n) is 6.62. The van der Waals surface area contributed by atoms with E-state index in [4.69, 9.17) is 14.7 Å². The number of hydrogen-bond donors (Lipinski definition) is 1. The minimum atomic E-state index is 0.116. The Balaban J connectivity index is 1.49. The van der Waals surface area contributed by atoms with E-state index in [1.165, 1.54) is 22.4 Å². The number of anilines is 2. The number of aromatic amines is 1. The smallest absolute Gasteiger partial charge is 0.162 e. The van der Waals surface area contributed by atoms with Crippen LogP contribution in [0.5, 0.6) is 0 Å². The molecule has 2 aliphatic heterocycles. The Labute approximate surface area is 243 Å². The largest absolute Gasteiger partial charge is 0.378 e. The zero-order valence-electron chi connectivity index (χ0n) is 25.7. The molecule has 216 valence electrons. The molecule has 1 saturated heterocycles. The van der Waals surface area contributed by atoms with E-state index in [1.807, 2.05) is 7.11 Å². The molecule has 6 rings (SSSR count). The van der Waals surface area contributed by atoms with E-state index in [-0.39, 0.29) is 6.10 Å². The molecule has 8 heteroatoms. The maximum absolute atomic E-state index is 5.97. The second-order valence-electron chi connectivity index (χ2n) is 12.4. The van der Waals surface area contributed by atoms with Gasteiger partial charge in [-0.25, -0.2) is 9.97 Å². The zero-order valence-corrected chi connectivity index (χ0v) is 25.7. The summed E-state index contributed by atoms with van der Waals surface area (Å²) in [6.07, 6.45) is 0.992. The average molecular weight is 554 g/mol. The van der Waals surface area contributed by atoms with Gasteiger partial charge in [-0.2, -0.15) is 5.10 Å². The Bertz CT molecular complexity index is 1590. The van der Waals surface area contributed by atoms with Gasteiger partial charge in [0.05, 0.1) is 23.4 Å². The van der Waals surface area contributed by atoms with Crippen LogP contribution in [-0.4, -0.2) is 78.1 Å². The molecule has 0 bridgehead atoms. The Kier molecular flexibility index (Phi) is 7.24. The third-order valence-corrected chi connectivity index (χ3v) is 9.12. The second kappa shape index (κ2) is 10.7. The lowest BCUT2D eigenvalue weighted by molar-refractivity contribution is 0.0639. The van der Waals surface area contributed by atoms with Gasteiger partial charge in [-0.1, -0.05) is 32.0 Å². The highest BCUT2D eigenvalue weighted by Gasteiger charge is 2.37. The van der Waals surface area contributed by atoms with Crippen molar-refractivity contribution in [3.05, 3.63) is 64.0 Å². The molecule has 2 aromatic carbocycles. The van der Waals surface area contributed by atoms with Gasteiger partial charge in [0, 0.05) is 67.6 Å². The van der Waals surface area contributed by atoms with Crippen molar-refractivity contribution in [1.82, 2.24) is 25.1 Å². The first kappa shape index (κ1) is 27.7. The van der Waals surface area contributed by atoms with Crippen LogP contribution in [0.1, 0.15) is 53.4 Å². The molecule has 4 aromatic rings. The van der Waals surface area contributed by atoms with Crippen molar-refractivity contribution in [1.29, 1.82) is 0 Å². The topological polar surface area (TPSA) is 73.4 Å². The molecule has 1 fully saturated rings. The first-order chi connectivity index (χ1) is 19.7. The van der Waals surface area contributed by atoms with Crippen LogP contribution in [0, 0.1) is 20.8 Å². The van der Waals surface area contributed by atoms with E-state index < -0.39 is 0 Å². The fourth-order valence-corrected chi connectivity index (χ4v) is 6.62. The molecule has 0 amide bonds. The van der Waals surface area contributed by atoms with E-state index in [9.17, 15) is 0 Å². The van der Waals surface area contributed by atoms with E-state index in [1.54, 1.807) is 0 Å². The van der Waals surface area contributed by atoms with Crippen molar-refractivity contribution < 1.29 is 4.74 Å². The molecule has 2 atom stereocenters. The molecular weight excluding hydrogens is 510 g/mol. The lowest BCUT2D eigenvalue weighted by Crippen LogP contribution is -2.39. The molecule has 0 aliphatic carbocycles. The van der Waals surface area contributed by atoms with Gasteiger partial charge in [0.1, 0.15) is 5.82 Å². The summed E-state index contributed by atoms with van der Waals surface area (Å²) < 4.78 is 5.97. The Morgan fingerprint density at radius 3 is 2.49 bits per heavy atom. The van der Waals surface area contributed by atoms with Crippen molar-refractivity contribution in [2.24, 2.45) is 0 Å². The number of H-pyrrole nitrogens is 1. The summed E-state index contributed by atoms with van der Waals surface area (Å²) in [5, 5.41) is 8.82. The van der Waals surface area contributed by atoms with Gasteiger partial charge in [-0.05, 0) is 69.6 Å². The van der Waals surface area contributed by atoms with Crippen LogP contribution in [-0.2, 0) is 17.7 Å². The number of rotatable bonds is 6. The van der Waals surface area contributed by atoms with Crippen molar-refractivity contribution >= 4 is 22.4 Å². The van der Waals surface area contributed by atoms with Gasteiger partial charge < -0.3 is 19.4 Å². The minimum absolute atomic E-state index is 0.116. The maximum atomic E-state index is 5.97. The number of nitrogens with one attached hydrogen (secondary N) is 1. The molecule has 0 radical (unpaired) electrons. The summed E-state index contributed by atoms with van der Waals surface area (Å²) in [5.41, 5.74) is 10.6. The first-order valence-electron chi connectivity index (χ1n) is 14.8. The summed E-state index contributed by atoms with van der Waals surface area (Å²) in [6, 6.07) is 11.4. The molecule has 1 N–H and O–H groups in total. The van der Waals surface area contributed by atoms with Crippen LogP contribution >= 0.6 is 0 Å². The van der Waals surface area contributed by atoms with Gasteiger partial charge in [-0.15, -0.1) is 0 Å². The monoisotopic (exact) mass is 553 g/mol. The quantitative estimate of drug-likeness (QED) is 0.343. The minimum Gasteiger partial charge on any atom is -0.378 e. The number of nitrogens with zero attached hydrogens (tertiary/aromatic N) is 6. The molecule has 1 unspecified atom stereocenters. The Hall–Kier alpha value is -3.49. The van der Waals surface area contributed by atoms with Gasteiger partial charge in [0.25, 0.3) is 0 Å².